The summed E-state index contributed by atoms with van der Waals surface area (Å²) in [7, 11) is 1.52. The van der Waals surface area contributed by atoms with E-state index in [2.05, 4.69) is 10.1 Å². The Kier molecular flexibility index (Phi) is 4.20. The standard InChI is InChI=1S/C17H13N3O3/c1-21-15-9-12(10-18)7-8-14(15)22-11-16-19-17(20-23-16)13-5-3-2-4-6-13/h2-9H,11H2,1H3. The summed E-state index contributed by atoms with van der Waals surface area (Å²) < 4.78 is 16.0. The van der Waals surface area contributed by atoms with Gasteiger partial charge in [0.2, 0.25) is 5.82 Å². The van der Waals surface area contributed by atoms with E-state index in [4.69, 9.17) is 19.3 Å². The van der Waals surface area contributed by atoms with Crippen LogP contribution in [-0.2, 0) is 6.61 Å². The van der Waals surface area contributed by atoms with Crippen LogP contribution in [-0.4, -0.2) is 17.3 Å². The zero-order chi connectivity index (χ0) is 16.1. The summed E-state index contributed by atoms with van der Waals surface area (Å²) in [6, 6.07) is 16.5. The van der Waals surface area contributed by atoms with Gasteiger partial charge in [0.1, 0.15) is 0 Å². The molecule has 0 saturated carbocycles. The van der Waals surface area contributed by atoms with Crippen LogP contribution in [0.3, 0.4) is 0 Å². The van der Waals surface area contributed by atoms with Crippen molar-refractivity contribution in [1.29, 1.82) is 5.26 Å². The molecule has 0 amide bonds. The molecule has 0 spiro atoms. The van der Waals surface area contributed by atoms with Gasteiger partial charge in [-0.3, -0.25) is 0 Å². The van der Waals surface area contributed by atoms with Crippen molar-refractivity contribution in [3.8, 4) is 29.0 Å². The highest BCUT2D eigenvalue weighted by molar-refractivity contribution is 5.53. The topological polar surface area (TPSA) is 81.2 Å². The monoisotopic (exact) mass is 307 g/mol. The summed E-state index contributed by atoms with van der Waals surface area (Å²) in [5.41, 5.74) is 1.37. The zero-order valence-corrected chi connectivity index (χ0v) is 12.4. The van der Waals surface area contributed by atoms with E-state index in [-0.39, 0.29) is 6.61 Å². The Bertz CT molecular complexity index is 838. The summed E-state index contributed by atoms with van der Waals surface area (Å²) in [4.78, 5) is 4.29. The Morgan fingerprint density at radius 1 is 1.13 bits per heavy atom. The van der Waals surface area contributed by atoms with Crippen molar-refractivity contribution in [2.75, 3.05) is 7.11 Å². The molecule has 6 heteroatoms. The summed E-state index contributed by atoms with van der Waals surface area (Å²) >= 11 is 0. The molecule has 2 aromatic carbocycles. The highest BCUT2D eigenvalue weighted by Gasteiger charge is 2.11. The number of nitrogens with zero attached hydrogens (tertiary/aromatic N) is 3. The smallest absolute Gasteiger partial charge is 0.264 e. The van der Waals surface area contributed by atoms with Crippen LogP contribution in [0.2, 0.25) is 0 Å². The van der Waals surface area contributed by atoms with Gasteiger partial charge in [0, 0.05) is 11.6 Å². The largest absolute Gasteiger partial charge is 0.493 e. The average Bonchev–Trinajstić information content (AvgIpc) is 3.09. The lowest BCUT2D eigenvalue weighted by Crippen LogP contribution is -1.98. The number of ether oxygens (including phenoxy) is 2. The van der Waals surface area contributed by atoms with Crippen LogP contribution in [0, 0.1) is 11.3 Å². The SMILES string of the molecule is COc1cc(C#N)ccc1OCc1nc(-c2ccccc2)no1. The van der Waals surface area contributed by atoms with Gasteiger partial charge in [-0.05, 0) is 12.1 Å². The van der Waals surface area contributed by atoms with Gasteiger partial charge < -0.3 is 14.0 Å². The fraction of sp³-hybridized carbons (Fsp3) is 0.118. The quantitative estimate of drug-likeness (QED) is 0.720. The number of nitriles is 1. The van der Waals surface area contributed by atoms with Crippen molar-refractivity contribution in [1.82, 2.24) is 10.1 Å². The van der Waals surface area contributed by atoms with Crippen molar-refractivity contribution in [2.45, 2.75) is 6.61 Å². The zero-order valence-electron chi connectivity index (χ0n) is 12.4. The van der Waals surface area contributed by atoms with Gasteiger partial charge in [-0.25, -0.2) is 0 Å². The first-order valence-electron chi connectivity index (χ1n) is 6.89. The summed E-state index contributed by atoms with van der Waals surface area (Å²) in [6.07, 6.45) is 0. The number of hydrogen-bond acceptors (Lipinski definition) is 6. The van der Waals surface area contributed by atoms with Gasteiger partial charge in [0.05, 0.1) is 18.7 Å². The number of benzene rings is 2. The predicted molar refractivity (Wildman–Crippen MR) is 81.8 cm³/mol. The molecule has 0 aliphatic carbocycles. The molecule has 3 rings (SSSR count). The minimum atomic E-state index is 0.113. The maximum absolute atomic E-state index is 8.89. The first-order chi connectivity index (χ1) is 11.3. The molecule has 23 heavy (non-hydrogen) atoms. The molecule has 1 aromatic heterocycles. The molecule has 0 N–H and O–H groups in total. The van der Waals surface area contributed by atoms with Crippen molar-refractivity contribution in [3.63, 3.8) is 0 Å². The minimum Gasteiger partial charge on any atom is -0.493 e. The molecule has 114 valence electrons. The van der Waals surface area contributed by atoms with Gasteiger partial charge in [0.25, 0.3) is 5.89 Å². The molecule has 3 aromatic rings. The fourth-order valence-corrected chi connectivity index (χ4v) is 2.01. The van der Waals surface area contributed by atoms with Crippen LogP contribution in [0.15, 0.2) is 53.1 Å². The number of methoxy groups -OCH3 is 1. The molecule has 0 radical (unpaired) electrons. The lowest BCUT2D eigenvalue weighted by molar-refractivity contribution is 0.233. The van der Waals surface area contributed by atoms with Gasteiger partial charge in [-0.15, -0.1) is 0 Å². The average molecular weight is 307 g/mol. The van der Waals surface area contributed by atoms with Crippen molar-refractivity contribution in [2.24, 2.45) is 0 Å². The molecular formula is C17H13N3O3. The Morgan fingerprint density at radius 2 is 1.96 bits per heavy atom. The normalized spacial score (nSPS) is 10.1. The fourth-order valence-electron chi connectivity index (χ4n) is 2.01. The molecule has 0 bridgehead atoms. The number of aromatic nitrogens is 2. The second-order valence-electron chi connectivity index (χ2n) is 4.64. The molecule has 0 aliphatic rings. The number of hydrogen-bond donors (Lipinski definition) is 0. The van der Waals surface area contributed by atoms with Gasteiger partial charge in [-0.2, -0.15) is 10.2 Å². The van der Waals surface area contributed by atoms with Crippen LogP contribution in [0.4, 0.5) is 0 Å². The third kappa shape index (κ3) is 3.30. The Labute approximate surface area is 132 Å². The molecule has 0 unspecified atom stereocenters. The van der Waals surface area contributed by atoms with E-state index < -0.39 is 0 Å². The summed E-state index contributed by atoms with van der Waals surface area (Å²) in [5.74, 6) is 1.85. The van der Waals surface area contributed by atoms with E-state index in [1.54, 1.807) is 18.2 Å². The Morgan fingerprint density at radius 3 is 2.70 bits per heavy atom. The molecule has 0 fully saturated rings. The van der Waals surface area contributed by atoms with Crippen LogP contribution < -0.4 is 9.47 Å². The second-order valence-corrected chi connectivity index (χ2v) is 4.64. The highest BCUT2D eigenvalue weighted by Crippen LogP contribution is 2.28. The number of rotatable bonds is 5. The summed E-state index contributed by atoms with van der Waals surface area (Å²) in [6.45, 7) is 0.113. The van der Waals surface area contributed by atoms with Crippen LogP contribution in [0.25, 0.3) is 11.4 Å². The highest BCUT2D eigenvalue weighted by atomic mass is 16.5. The van der Waals surface area contributed by atoms with Gasteiger partial charge >= 0.3 is 0 Å². The molecule has 0 atom stereocenters. The van der Waals surface area contributed by atoms with Crippen LogP contribution in [0.1, 0.15) is 11.5 Å². The molecule has 0 aliphatic heterocycles. The van der Waals surface area contributed by atoms with Crippen LogP contribution >= 0.6 is 0 Å². The maximum atomic E-state index is 8.89. The first-order valence-corrected chi connectivity index (χ1v) is 6.89. The first kappa shape index (κ1) is 14.6. The van der Waals surface area contributed by atoms with E-state index in [0.717, 1.165) is 5.56 Å². The molecular weight excluding hydrogens is 294 g/mol. The predicted octanol–water partition coefficient (Wildman–Crippen LogP) is 3.20. The lowest BCUT2D eigenvalue weighted by atomic mass is 10.2. The third-order valence-corrected chi connectivity index (χ3v) is 3.14. The van der Waals surface area contributed by atoms with E-state index in [0.29, 0.717) is 28.8 Å². The van der Waals surface area contributed by atoms with Gasteiger partial charge in [0.15, 0.2) is 18.1 Å². The van der Waals surface area contributed by atoms with E-state index >= 15 is 0 Å². The van der Waals surface area contributed by atoms with E-state index in [1.165, 1.54) is 7.11 Å². The van der Waals surface area contributed by atoms with Crippen molar-refractivity contribution in [3.05, 3.63) is 60.0 Å². The van der Waals surface area contributed by atoms with Crippen molar-refractivity contribution < 1.29 is 14.0 Å². The molecule has 1 heterocycles. The van der Waals surface area contributed by atoms with Gasteiger partial charge in [-0.1, -0.05) is 35.5 Å². The third-order valence-electron chi connectivity index (χ3n) is 3.14. The lowest BCUT2D eigenvalue weighted by Gasteiger charge is -2.08. The van der Waals surface area contributed by atoms with E-state index in [1.807, 2.05) is 36.4 Å². The Balaban J connectivity index is 1.72. The van der Waals surface area contributed by atoms with Crippen molar-refractivity contribution >= 4 is 0 Å². The molecule has 0 saturated heterocycles. The maximum Gasteiger partial charge on any atom is 0.264 e. The second kappa shape index (κ2) is 6.62. The Hall–Kier alpha value is -3.33. The molecule has 6 nitrogen and oxygen atoms in total. The van der Waals surface area contributed by atoms with E-state index in [9.17, 15) is 0 Å². The summed E-state index contributed by atoms with van der Waals surface area (Å²) in [5, 5.41) is 12.8. The van der Waals surface area contributed by atoms with Crippen LogP contribution in [0.5, 0.6) is 11.5 Å². The minimum absolute atomic E-state index is 0.113.